The number of aromatic nitrogens is 1. The van der Waals surface area contributed by atoms with E-state index in [0.29, 0.717) is 30.9 Å². The minimum absolute atomic E-state index is 0.0518. The van der Waals surface area contributed by atoms with Gasteiger partial charge in [-0.25, -0.2) is 0 Å². The van der Waals surface area contributed by atoms with Gasteiger partial charge in [-0.1, -0.05) is 36.5 Å². The third kappa shape index (κ3) is 3.92. The molecule has 0 spiro atoms. The lowest BCUT2D eigenvalue weighted by Gasteiger charge is -2.20. The van der Waals surface area contributed by atoms with Gasteiger partial charge in [-0.15, -0.1) is 6.58 Å². The zero-order valence-electron chi connectivity index (χ0n) is 11.8. The van der Waals surface area contributed by atoms with E-state index in [-0.39, 0.29) is 5.91 Å². The van der Waals surface area contributed by atoms with Crippen molar-refractivity contribution in [2.45, 2.75) is 12.8 Å². The van der Waals surface area contributed by atoms with Crippen LogP contribution >= 0.6 is 12.2 Å². The van der Waals surface area contributed by atoms with E-state index in [0.717, 1.165) is 16.5 Å². The third-order valence-electron chi connectivity index (χ3n) is 3.35. The van der Waals surface area contributed by atoms with Crippen molar-refractivity contribution in [1.29, 1.82) is 0 Å². The minimum Gasteiger partial charge on any atom is -0.393 e. The van der Waals surface area contributed by atoms with Crippen molar-refractivity contribution < 1.29 is 4.79 Å². The van der Waals surface area contributed by atoms with Crippen LogP contribution in [-0.4, -0.2) is 33.9 Å². The molecular weight excluding hydrogens is 282 g/mol. The van der Waals surface area contributed by atoms with Gasteiger partial charge in [0.1, 0.15) is 0 Å². The van der Waals surface area contributed by atoms with Crippen LogP contribution in [-0.2, 0) is 11.2 Å². The van der Waals surface area contributed by atoms with Gasteiger partial charge in [0, 0.05) is 36.6 Å². The lowest BCUT2D eigenvalue weighted by Crippen LogP contribution is -2.34. The number of amides is 1. The predicted octanol–water partition coefficient (Wildman–Crippen LogP) is 2.40. The number of carbonyl (C=O) groups is 1. The second kappa shape index (κ2) is 7.04. The molecule has 1 aromatic heterocycles. The highest BCUT2D eigenvalue weighted by Crippen LogP contribution is 2.18. The van der Waals surface area contributed by atoms with Crippen molar-refractivity contribution in [1.82, 2.24) is 9.88 Å². The van der Waals surface area contributed by atoms with Crippen LogP contribution in [0.3, 0.4) is 0 Å². The molecule has 110 valence electrons. The van der Waals surface area contributed by atoms with E-state index >= 15 is 0 Å². The number of H-pyrrole nitrogens is 1. The summed E-state index contributed by atoms with van der Waals surface area (Å²) in [7, 11) is 0. The van der Waals surface area contributed by atoms with E-state index in [2.05, 4.69) is 11.6 Å². The fourth-order valence-electron chi connectivity index (χ4n) is 2.27. The van der Waals surface area contributed by atoms with Gasteiger partial charge in [-0.3, -0.25) is 4.79 Å². The number of benzene rings is 1. The average Bonchev–Trinajstić information content (AvgIpc) is 2.86. The van der Waals surface area contributed by atoms with Crippen LogP contribution in [0.4, 0.5) is 0 Å². The number of carbonyl (C=O) groups excluding carboxylic acids is 1. The SMILES string of the molecule is C=CCN(CCC(N)=S)C(=O)Cc1c[nH]c2ccccc12. The number of para-hydroxylation sites is 1. The zero-order valence-corrected chi connectivity index (χ0v) is 12.7. The summed E-state index contributed by atoms with van der Waals surface area (Å²) in [5.41, 5.74) is 7.55. The lowest BCUT2D eigenvalue weighted by atomic mass is 10.1. The topological polar surface area (TPSA) is 62.1 Å². The molecule has 0 fully saturated rings. The van der Waals surface area contributed by atoms with Crippen molar-refractivity contribution in [2.75, 3.05) is 13.1 Å². The van der Waals surface area contributed by atoms with Gasteiger partial charge in [-0.05, 0) is 11.6 Å². The molecule has 2 rings (SSSR count). The second-order valence-electron chi connectivity index (χ2n) is 4.88. The van der Waals surface area contributed by atoms with Crippen LogP contribution in [0.5, 0.6) is 0 Å². The largest absolute Gasteiger partial charge is 0.393 e. The Balaban J connectivity index is 2.10. The maximum absolute atomic E-state index is 12.4. The lowest BCUT2D eigenvalue weighted by molar-refractivity contribution is -0.129. The van der Waals surface area contributed by atoms with Gasteiger partial charge in [-0.2, -0.15) is 0 Å². The minimum atomic E-state index is 0.0518. The number of nitrogens with two attached hydrogens (primary N) is 1. The van der Waals surface area contributed by atoms with Crippen molar-refractivity contribution in [3.8, 4) is 0 Å². The molecule has 2 aromatic rings. The number of nitrogens with one attached hydrogen (secondary N) is 1. The molecule has 0 aliphatic carbocycles. The molecule has 21 heavy (non-hydrogen) atoms. The summed E-state index contributed by atoms with van der Waals surface area (Å²) >= 11 is 4.87. The van der Waals surface area contributed by atoms with Gasteiger partial charge in [0.15, 0.2) is 0 Å². The molecule has 0 aliphatic heterocycles. The first kappa shape index (κ1) is 15.3. The molecule has 0 unspecified atom stereocenters. The van der Waals surface area contributed by atoms with E-state index in [4.69, 9.17) is 18.0 Å². The summed E-state index contributed by atoms with van der Waals surface area (Å²) in [6.45, 7) is 4.73. The number of hydrogen-bond donors (Lipinski definition) is 2. The molecule has 0 saturated carbocycles. The third-order valence-corrected chi connectivity index (χ3v) is 3.55. The molecule has 1 aromatic carbocycles. The van der Waals surface area contributed by atoms with Crippen molar-refractivity contribution in [3.63, 3.8) is 0 Å². The predicted molar refractivity (Wildman–Crippen MR) is 90.2 cm³/mol. The quantitative estimate of drug-likeness (QED) is 0.610. The van der Waals surface area contributed by atoms with Gasteiger partial charge >= 0.3 is 0 Å². The summed E-state index contributed by atoms with van der Waals surface area (Å²) in [5.74, 6) is 0.0518. The number of fused-ring (bicyclic) bond motifs is 1. The second-order valence-corrected chi connectivity index (χ2v) is 5.41. The Kier molecular flexibility index (Phi) is 5.11. The van der Waals surface area contributed by atoms with Gasteiger partial charge in [0.05, 0.1) is 11.4 Å². The summed E-state index contributed by atoms with van der Waals surface area (Å²) in [6.07, 6.45) is 4.49. The van der Waals surface area contributed by atoms with Crippen LogP contribution < -0.4 is 5.73 Å². The summed E-state index contributed by atoms with van der Waals surface area (Å²) < 4.78 is 0. The molecule has 5 heteroatoms. The van der Waals surface area contributed by atoms with Gasteiger partial charge in [0.25, 0.3) is 0 Å². The number of hydrogen-bond acceptors (Lipinski definition) is 2. The molecule has 0 saturated heterocycles. The first-order valence-corrected chi connectivity index (χ1v) is 7.24. The summed E-state index contributed by atoms with van der Waals surface area (Å²) in [5, 5.41) is 1.08. The molecule has 0 aliphatic rings. The zero-order chi connectivity index (χ0) is 15.2. The van der Waals surface area contributed by atoms with Gasteiger partial charge < -0.3 is 15.6 Å². The monoisotopic (exact) mass is 301 g/mol. The maximum Gasteiger partial charge on any atom is 0.227 e. The van der Waals surface area contributed by atoms with Crippen molar-refractivity contribution in [3.05, 3.63) is 48.7 Å². The van der Waals surface area contributed by atoms with Crippen molar-refractivity contribution >= 4 is 34.0 Å². The van der Waals surface area contributed by atoms with E-state index in [1.807, 2.05) is 30.5 Å². The first-order valence-electron chi connectivity index (χ1n) is 6.83. The van der Waals surface area contributed by atoms with Gasteiger partial charge in [0.2, 0.25) is 5.91 Å². The molecule has 0 radical (unpaired) electrons. The van der Waals surface area contributed by atoms with E-state index in [1.165, 1.54) is 0 Å². The molecule has 4 nitrogen and oxygen atoms in total. The molecule has 0 atom stereocenters. The van der Waals surface area contributed by atoms with E-state index in [9.17, 15) is 4.79 Å². The Hall–Kier alpha value is -2.14. The number of nitrogens with zero attached hydrogens (tertiary/aromatic N) is 1. The fraction of sp³-hybridized carbons (Fsp3) is 0.250. The highest BCUT2D eigenvalue weighted by molar-refractivity contribution is 7.80. The van der Waals surface area contributed by atoms with E-state index in [1.54, 1.807) is 11.0 Å². The molecular formula is C16H19N3OS. The van der Waals surface area contributed by atoms with E-state index < -0.39 is 0 Å². The highest BCUT2D eigenvalue weighted by Gasteiger charge is 2.15. The van der Waals surface area contributed by atoms with Crippen LogP contribution in [0, 0.1) is 0 Å². The summed E-state index contributed by atoms with van der Waals surface area (Å²) in [4.78, 5) is 17.8. The number of rotatable bonds is 7. The molecule has 1 amide bonds. The Bertz CT molecular complexity index is 662. The summed E-state index contributed by atoms with van der Waals surface area (Å²) in [6, 6.07) is 7.95. The molecule has 3 N–H and O–H groups in total. The number of aromatic amines is 1. The van der Waals surface area contributed by atoms with Crippen LogP contribution in [0.25, 0.3) is 10.9 Å². The standard InChI is InChI=1S/C16H19N3OS/c1-2-8-19(9-7-15(17)21)16(20)10-12-11-18-14-6-4-3-5-13(12)14/h2-6,11,18H,1,7-10H2,(H2,17,21). The van der Waals surface area contributed by atoms with Crippen molar-refractivity contribution in [2.24, 2.45) is 5.73 Å². The average molecular weight is 301 g/mol. The Morgan fingerprint density at radius 3 is 2.90 bits per heavy atom. The maximum atomic E-state index is 12.4. The molecule has 1 heterocycles. The Morgan fingerprint density at radius 1 is 1.43 bits per heavy atom. The smallest absolute Gasteiger partial charge is 0.227 e. The highest BCUT2D eigenvalue weighted by atomic mass is 32.1. The Morgan fingerprint density at radius 2 is 2.19 bits per heavy atom. The first-order chi connectivity index (χ1) is 10.1. The van der Waals surface area contributed by atoms with Crippen LogP contribution in [0.1, 0.15) is 12.0 Å². The molecule has 0 bridgehead atoms. The fourth-order valence-corrected chi connectivity index (χ4v) is 2.36. The Labute approximate surface area is 129 Å². The van der Waals surface area contributed by atoms with Crippen LogP contribution in [0.2, 0.25) is 0 Å². The number of thiocarbonyl (C=S) groups is 1. The van der Waals surface area contributed by atoms with Crippen LogP contribution in [0.15, 0.2) is 43.1 Å². The normalized spacial score (nSPS) is 10.5.